The summed E-state index contributed by atoms with van der Waals surface area (Å²) in [5.41, 5.74) is 5.94. The van der Waals surface area contributed by atoms with Crippen molar-refractivity contribution in [3.05, 3.63) is 95.3 Å². The van der Waals surface area contributed by atoms with Gasteiger partial charge in [0, 0.05) is 33.2 Å². The molecule has 0 aliphatic carbocycles. The van der Waals surface area contributed by atoms with Gasteiger partial charge in [0.2, 0.25) is 0 Å². The van der Waals surface area contributed by atoms with Crippen molar-refractivity contribution in [2.45, 2.75) is 53.0 Å². The molecule has 0 radical (unpaired) electrons. The maximum absolute atomic E-state index is 12.2. The number of carbonyl (C=O) groups is 3. The van der Waals surface area contributed by atoms with Crippen LogP contribution in [0, 0.1) is 39.0 Å². The summed E-state index contributed by atoms with van der Waals surface area (Å²) < 4.78 is 25.2. The molecule has 2 aromatic heterocycles. The Hall–Kier alpha value is -5.43. The first kappa shape index (κ1) is 44.6. The number of carbonyl (C=O) groups excluding carboxylic acids is 3. The molecule has 1 aliphatic rings. The highest BCUT2D eigenvalue weighted by Crippen LogP contribution is 2.33. The molecule has 0 saturated carbocycles. The molecule has 1 fully saturated rings. The lowest BCUT2D eigenvalue weighted by molar-refractivity contribution is -0.177. The largest absolute Gasteiger partial charge is 0.465 e. The van der Waals surface area contributed by atoms with Gasteiger partial charge in [0.05, 0.1) is 63.9 Å². The fourth-order valence-corrected chi connectivity index (χ4v) is 5.55. The number of para-hydroxylation sites is 2. The Kier molecular flexibility index (Phi) is 19.2. The van der Waals surface area contributed by atoms with Gasteiger partial charge in [-0.15, -0.1) is 25.2 Å². The van der Waals surface area contributed by atoms with Crippen LogP contribution < -0.4 is 0 Å². The van der Waals surface area contributed by atoms with Gasteiger partial charge in [-0.1, -0.05) is 49.6 Å². The molecule has 0 unspecified atom stereocenters. The maximum Gasteiger partial charge on any atom is 0.340 e. The molecule has 2 N–H and O–H groups in total. The first-order chi connectivity index (χ1) is 24.9. The Balaban J connectivity index is 0.000000414. The fraction of sp³-hybridized carbons (Fsp3) is 0.341. The lowest BCUT2D eigenvalue weighted by Gasteiger charge is -2.31. The summed E-state index contributed by atoms with van der Waals surface area (Å²) in [5, 5.41) is 17.8. The summed E-state index contributed by atoms with van der Waals surface area (Å²) in [4.78, 5) is 35.1. The Labute approximate surface area is 306 Å². The van der Waals surface area contributed by atoms with Crippen molar-refractivity contribution in [3.63, 3.8) is 0 Å². The molecule has 11 nitrogen and oxygen atoms in total. The first-order valence-electron chi connectivity index (χ1n) is 16.2. The molecular formula is C41H50N2O9. The van der Waals surface area contributed by atoms with Gasteiger partial charge in [0.1, 0.15) is 6.29 Å². The standard InChI is InChI=1S/C18H21NO4.C14H15NO3.C4H8O2.C3H4.C2H2/c1-11-9-22-18(23-10-11)13(3)19-12(2)16(17(20)21-4)14-7-5-6-8-15(14)19;1-9(8-16)15-10(2)13(14(17)18-3)11-6-4-5-7-12(11)15;1-4(2-5)3-6;1-3-2;1-2/h5-8,13,18H,1,9-10H2,2-4H3;4-9H,1-3H3;5-6H,1-3H2;1H,2H3;1-2H/t13-;9-;;;/m11.../s1. The third kappa shape index (κ3) is 10.8. The number of ether oxygens (including phenoxy) is 4. The molecule has 278 valence electrons. The number of fused-ring (bicyclic) bond motifs is 2. The average molecular weight is 715 g/mol. The van der Waals surface area contributed by atoms with Crippen LogP contribution in [0.2, 0.25) is 0 Å². The summed E-state index contributed by atoms with van der Waals surface area (Å²) in [7, 11) is 2.76. The van der Waals surface area contributed by atoms with Crippen LogP contribution in [0.1, 0.15) is 65.0 Å². The number of hydrogen-bond acceptors (Lipinski definition) is 9. The number of aldehydes is 1. The van der Waals surface area contributed by atoms with Crippen LogP contribution in [-0.4, -0.2) is 84.5 Å². The van der Waals surface area contributed by atoms with Crippen LogP contribution >= 0.6 is 0 Å². The predicted octanol–water partition coefficient (Wildman–Crippen LogP) is 6.14. The van der Waals surface area contributed by atoms with E-state index in [0.717, 1.165) is 45.1 Å². The van der Waals surface area contributed by atoms with E-state index in [1.165, 1.54) is 14.2 Å². The highest BCUT2D eigenvalue weighted by atomic mass is 16.7. The highest BCUT2D eigenvalue weighted by Gasteiger charge is 2.29. The Bertz CT molecular complexity index is 1870. The molecule has 2 aromatic carbocycles. The number of aliphatic hydroxyl groups is 2. The molecule has 3 heterocycles. The van der Waals surface area contributed by atoms with Crippen LogP contribution in [0.5, 0.6) is 0 Å². The average Bonchev–Trinajstić information content (AvgIpc) is 3.64. The Morgan fingerprint density at radius 3 is 1.65 bits per heavy atom. The molecule has 1 aliphatic heterocycles. The Morgan fingerprint density at radius 1 is 0.904 bits per heavy atom. The first-order valence-corrected chi connectivity index (χ1v) is 16.2. The number of aliphatic hydroxyl groups excluding tert-OH is 2. The van der Waals surface area contributed by atoms with Crippen molar-refractivity contribution >= 4 is 40.0 Å². The lowest BCUT2D eigenvalue weighted by atomic mass is 10.1. The van der Waals surface area contributed by atoms with E-state index in [2.05, 4.69) is 42.9 Å². The summed E-state index contributed by atoms with van der Waals surface area (Å²) >= 11 is 0. The summed E-state index contributed by atoms with van der Waals surface area (Å²) in [6.45, 7) is 17.2. The molecule has 1 saturated heterocycles. The van der Waals surface area contributed by atoms with Gasteiger partial charge in [0.15, 0.2) is 6.29 Å². The summed E-state index contributed by atoms with van der Waals surface area (Å²) in [5.74, 6) is 1.55. The molecule has 0 amide bonds. The number of nitrogens with zero attached hydrogens (tertiary/aromatic N) is 2. The van der Waals surface area contributed by atoms with Crippen molar-refractivity contribution in [1.29, 1.82) is 0 Å². The fourth-order valence-electron chi connectivity index (χ4n) is 5.55. The van der Waals surface area contributed by atoms with Crippen molar-refractivity contribution in [1.82, 2.24) is 9.13 Å². The van der Waals surface area contributed by atoms with E-state index in [1.807, 2.05) is 73.9 Å². The minimum Gasteiger partial charge on any atom is -0.465 e. The zero-order valence-electron chi connectivity index (χ0n) is 31.0. The van der Waals surface area contributed by atoms with Gasteiger partial charge in [0.25, 0.3) is 0 Å². The highest BCUT2D eigenvalue weighted by molar-refractivity contribution is 6.07. The number of benzene rings is 2. The zero-order valence-corrected chi connectivity index (χ0v) is 31.0. The maximum atomic E-state index is 12.2. The molecule has 0 spiro atoms. The SMILES string of the molecule is C#C.C#CC.C=C(CO)CO.C=C1COC([C@@H](C)n2c(C)c(C(=O)OC)c3ccccc32)OC1.COC(=O)c1c(C)n([C@H](C)C=O)c2ccccc12. The van der Waals surface area contributed by atoms with Gasteiger partial charge >= 0.3 is 11.9 Å². The van der Waals surface area contributed by atoms with Crippen molar-refractivity contribution in [3.8, 4) is 25.2 Å². The lowest BCUT2D eigenvalue weighted by Crippen LogP contribution is -2.33. The van der Waals surface area contributed by atoms with Gasteiger partial charge in [-0.3, -0.25) is 0 Å². The van der Waals surface area contributed by atoms with Gasteiger partial charge < -0.3 is 43.1 Å². The number of hydrogen-bond donors (Lipinski definition) is 2. The van der Waals surface area contributed by atoms with Crippen molar-refractivity contribution in [2.24, 2.45) is 0 Å². The quantitative estimate of drug-likeness (QED) is 0.0954. The second-order valence-electron chi connectivity index (χ2n) is 11.4. The number of esters is 2. The molecular weight excluding hydrogens is 664 g/mol. The molecule has 2 atom stereocenters. The number of terminal acetylenes is 2. The van der Waals surface area contributed by atoms with Gasteiger partial charge in [-0.2, -0.15) is 0 Å². The monoisotopic (exact) mass is 714 g/mol. The minimum atomic E-state index is -0.375. The van der Waals surface area contributed by atoms with Gasteiger partial charge in [-0.05, 0) is 57.9 Å². The molecule has 4 aromatic rings. The molecule has 11 heteroatoms. The van der Waals surface area contributed by atoms with E-state index in [4.69, 9.17) is 29.2 Å². The van der Waals surface area contributed by atoms with E-state index >= 15 is 0 Å². The van der Waals surface area contributed by atoms with E-state index in [0.29, 0.717) is 29.9 Å². The van der Waals surface area contributed by atoms with Crippen LogP contribution in [0.4, 0.5) is 0 Å². The third-order valence-electron chi connectivity index (χ3n) is 7.85. The van der Waals surface area contributed by atoms with Crippen LogP contribution in [0.25, 0.3) is 21.8 Å². The Morgan fingerprint density at radius 2 is 1.29 bits per heavy atom. The minimum absolute atomic E-state index is 0.0774. The second kappa shape index (κ2) is 22.4. The smallest absolute Gasteiger partial charge is 0.340 e. The summed E-state index contributed by atoms with van der Waals surface area (Å²) in [6, 6.07) is 14.9. The summed E-state index contributed by atoms with van der Waals surface area (Å²) in [6.07, 6.45) is 13.1. The van der Waals surface area contributed by atoms with E-state index in [1.54, 1.807) is 13.8 Å². The molecule has 0 bridgehead atoms. The predicted molar refractivity (Wildman–Crippen MR) is 204 cm³/mol. The number of aromatic nitrogens is 2. The van der Waals surface area contributed by atoms with Gasteiger partial charge in [-0.25, -0.2) is 9.59 Å². The number of rotatable bonds is 8. The normalized spacial score (nSPS) is 13.2. The molecule has 52 heavy (non-hydrogen) atoms. The zero-order chi connectivity index (χ0) is 39.5. The van der Waals surface area contributed by atoms with Crippen LogP contribution in [-0.2, 0) is 23.7 Å². The van der Waals surface area contributed by atoms with Crippen molar-refractivity contribution in [2.75, 3.05) is 40.6 Å². The second-order valence-corrected chi connectivity index (χ2v) is 11.4. The van der Waals surface area contributed by atoms with Crippen LogP contribution in [0.3, 0.4) is 0 Å². The van der Waals surface area contributed by atoms with Crippen LogP contribution in [0.15, 0.2) is 72.8 Å². The van der Waals surface area contributed by atoms with E-state index < -0.39 is 0 Å². The number of methoxy groups -OCH3 is 2. The topological polar surface area (TPSA) is 138 Å². The third-order valence-corrected chi connectivity index (χ3v) is 7.85. The van der Waals surface area contributed by atoms with Crippen molar-refractivity contribution < 1.29 is 43.5 Å². The molecule has 5 rings (SSSR count). The van der Waals surface area contributed by atoms with E-state index in [9.17, 15) is 14.4 Å². The van der Waals surface area contributed by atoms with E-state index in [-0.39, 0.29) is 43.5 Å².